The molecule has 0 N–H and O–H groups in total. The van der Waals surface area contributed by atoms with Crippen LogP contribution in [0.5, 0.6) is 0 Å². The molecule has 0 aliphatic heterocycles. The lowest BCUT2D eigenvalue weighted by Gasteiger charge is -2.24. The largest absolute Gasteiger partial charge is 0.257 e. The predicted molar refractivity (Wildman–Crippen MR) is 87.6 cm³/mol. The van der Waals surface area contributed by atoms with Crippen LogP contribution in [0, 0.1) is 0 Å². The van der Waals surface area contributed by atoms with Gasteiger partial charge in [-0.25, -0.2) is 0 Å². The average Bonchev–Trinajstić information content (AvgIpc) is 2.78. The van der Waals surface area contributed by atoms with Gasteiger partial charge in [-0.15, -0.1) is 0 Å². The molecule has 0 unspecified atom stereocenters. The molecule has 0 fully saturated rings. The minimum Gasteiger partial charge on any atom is -0.257 e. The molecule has 108 valence electrons. The first-order chi connectivity index (χ1) is 10.4. The zero-order valence-electron chi connectivity index (χ0n) is 12.7. The number of pyridine rings is 1. The van der Waals surface area contributed by atoms with Crippen molar-refractivity contribution in [3.63, 3.8) is 0 Å². The second kappa shape index (κ2) is 5.63. The number of aryl methyl sites for hydroxylation is 2. The Hall–Kier alpha value is -1.63. The molecular weight excluding hydrogens is 254 g/mol. The fourth-order valence-electron chi connectivity index (χ4n) is 4.04. The van der Waals surface area contributed by atoms with Crippen molar-refractivity contribution in [1.29, 1.82) is 0 Å². The van der Waals surface area contributed by atoms with Crippen molar-refractivity contribution in [2.45, 2.75) is 57.8 Å². The number of hydrogen-bond donors (Lipinski definition) is 0. The van der Waals surface area contributed by atoms with Crippen molar-refractivity contribution < 1.29 is 0 Å². The zero-order chi connectivity index (χ0) is 14.1. The molecule has 1 nitrogen and oxygen atoms in total. The highest BCUT2D eigenvalue weighted by molar-refractivity contribution is 5.73. The Balaban J connectivity index is 1.97. The second-order valence-corrected chi connectivity index (χ2v) is 6.47. The van der Waals surface area contributed by atoms with Gasteiger partial charge in [0.2, 0.25) is 0 Å². The van der Waals surface area contributed by atoms with Gasteiger partial charge in [-0.05, 0) is 73.6 Å². The monoisotopic (exact) mass is 277 g/mol. The van der Waals surface area contributed by atoms with Gasteiger partial charge in [-0.2, -0.15) is 0 Å². The molecule has 1 heteroatoms. The van der Waals surface area contributed by atoms with Crippen LogP contribution in [0.25, 0.3) is 11.1 Å². The van der Waals surface area contributed by atoms with E-state index in [4.69, 9.17) is 4.98 Å². The van der Waals surface area contributed by atoms with Gasteiger partial charge >= 0.3 is 0 Å². The van der Waals surface area contributed by atoms with Gasteiger partial charge in [0.15, 0.2) is 0 Å². The highest BCUT2D eigenvalue weighted by Gasteiger charge is 2.23. The fraction of sp³-hybridized carbons (Fsp3) is 0.450. The molecule has 0 saturated carbocycles. The van der Waals surface area contributed by atoms with E-state index in [1.807, 2.05) is 0 Å². The number of benzene rings is 1. The Kier molecular flexibility index (Phi) is 3.50. The van der Waals surface area contributed by atoms with Crippen LogP contribution < -0.4 is 0 Å². The van der Waals surface area contributed by atoms with Crippen LogP contribution in [0.15, 0.2) is 30.3 Å². The minimum atomic E-state index is 1.18. The third-order valence-corrected chi connectivity index (χ3v) is 5.06. The minimum absolute atomic E-state index is 1.18. The topological polar surface area (TPSA) is 12.9 Å². The maximum Gasteiger partial charge on any atom is 0.0445 e. The molecule has 1 aromatic carbocycles. The summed E-state index contributed by atoms with van der Waals surface area (Å²) in [4.78, 5) is 5.10. The van der Waals surface area contributed by atoms with Crippen LogP contribution in [-0.2, 0) is 25.7 Å². The van der Waals surface area contributed by atoms with E-state index in [0.717, 1.165) is 0 Å². The van der Waals surface area contributed by atoms with Gasteiger partial charge < -0.3 is 0 Å². The van der Waals surface area contributed by atoms with Gasteiger partial charge in [0, 0.05) is 11.4 Å². The number of hydrogen-bond acceptors (Lipinski definition) is 1. The molecule has 1 aromatic heterocycles. The Labute approximate surface area is 127 Å². The summed E-state index contributed by atoms with van der Waals surface area (Å²) in [6.45, 7) is 0. The van der Waals surface area contributed by atoms with Gasteiger partial charge in [0.25, 0.3) is 0 Å². The first-order valence-corrected chi connectivity index (χ1v) is 8.52. The zero-order valence-corrected chi connectivity index (χ0v) is 12.7. The normalized spacial score (nSPS) is 17.7. The first kappa shape index (κ1) is 13.1. The van der Waals surface area contributed by atoms with E-state index in [-0.39, 0.29) is 0 Å². The molecule has 4 rings (SSSR count). The summed E-state index contributed by atoms with van der Waals surface area (Å²) >= 11 is 0. The van der Waals surface area contributed by atoms with Crippen LogP contribution in [0.3, 0.4) is 0 Å². The van der Waals surface area contributed by atoms with E-state index < -0.39 is 0 Å². The number of nitrogens with zero attached hydrogens (tertiary/aromatic N) is 1. The maximum absolute atomic E-state index is 5.10. The van der Waals surface area contributed by atoms with Crippen LogP contribution in [0.1, 0.15) is 54.6 Å². The van der Waals surface area contributed by atoms with Crippen molar-refractivity contribution in [3.8, 4) is 11.1 Å². The Bertz CT molecular complexity index is 643. The molecule has 0 bridgehead atoms. The Morgan fingerprint density at radius 2 is 1.19 bits per heavy atom. The van der Waals surface area contributed by atoms with Crippen LogP contribution in [0.4, 0.5) is 0 Å². The quantitative estimate of drug-likeness (QED) is 0.676. The summed E-state index contributed by atoms with van der Waals surface area (Å²) in [6.07, 6.45) is 11.4. The number of rotatable bonds is 1. The smallest absolute Gasteiger partial charge is 0.0445 e. The van der Waals surface area contributed by atoms with Gasteiger partial charge in [-0.3, -0.25) is 4.98 Å². The molecular formula is C20H23N. The van der Waals surface area contributed by atoms with Gasteiger partial charge in [-0.1, -0.05) is 36.8 Å². The third-order valence-electron chi connectivity index (χ3n) is 5.06. The van der Waals surface area contributed by atoms with Crippen molar-refractivity contribution >= 4 is 0 Å². The Morgan fingerprint density at radius 1 is 0.619 bits per heavy atom. The van der Waals surface area contributed by atoms with E-state index in [0.29, 0.717) is 0 Å². The van der Waals surface area contributed by atoms with Crippen molar-refractivity contribution in [1.82, 2.24) is 4.98 Å². The standard InChI is InChI=1S/C20H23N/c1-3-9-15(10-4-1)20-16-11-5-2-6-13-18(16)21-19-14-8-7-12-17(19)20/h1,3-4,9-10H,2,5-8,11-14H2. The highest BCUT2D eigenvalue weighted by Crippen LogP contribution is 2.37. The lowest BCUT2D eigenvalue weighted by molar-refractivity contribution is 0.661. The molecule has 21 heavy (non-hydrogen) atoms. The van der Waals surface area contributed by atoms with Crippen molar-refractivity contribution in [2.75, 3.05) is 0 Å². The molecule has 0 radical (unpaired) electrons. The van der Waals surface area contributed by atoms with Crippen molar-refractivity contribution in [3.05, 3.63) is 52.8 Å². The molecule has 2 aliphatic carbocycles. The molecule has 2 aliphatic rings. The van der Waals surface area contributed by atoms with Gasteiger partial charge in [0.05, 0.1) is 0 Å². The van der Waals surface area contributed by atoms with Crippen LogP contribution in [-0.4, -0.2) is 4.98 Å². The summed E-state index contributed by atoms with van der Waals surface area (Å²) in [7, 11) is 0. The fourth-order valence-corrected chi connectivity index (χ4v) is 4.04. The van der Waals surface area contributed by atoms with Crippen molar-refractivity contribution in [2.24, 2.45) is 0 Å². The Morgan fingerprint density at radius 3 is 1.90 bits per heavy atom. The molecule has 0 saturated heterocycles. The summed E-state index contributed by atoms with van der Waals surface area (Å²) in [5.74, 6) is 0. The molecule has 1 heterocycles. The van der Waals surface area contributed by atoms with E-state index in [1.54, 1.807) is 16.7 Å². The third kappa shape index (κ3) is 2.39. The number of aromatic nitrogens is 1. The van der Waals surface area contributed by atoms with E-state index in [2.05, 4.69) is 30.3 Å². The predicted octanol–water partition coefficient (Wildman–Crippen LogP) is 4.90. The first-order valence-electron chi connectivity index (χ1n) is 8.52. The average molecular weight is 277 g/mol. The molecule has 0 spiro atoms. The summed E-state index contributed by atoms with van der Waals surface area (Å²) in [5, 5.41) is 0. The number of fused-ring (bicyclic) bond motifs is 2. The molecule has 2 aromatic rings. The van der Waals surface area contributed by atoms with Crippen LogP contribution in [0.2, 0.25) is 0 Å². The lowest BCUT2D eigenvalue weighted by atomic mass is 9.84. The molecule has 0 amide bonds. The van der Waals surface area contributed by atoms with E-state index >= 15 is 0 Å². The summed E-state index contributed by atoms with van der Waals surface area (Å²) in [5.41, 5.74) is 8.91. The SMILES string of the molecule is c1ccc(-c2c3c(nc4c2CCCC4)CCCCC3)cc1. The van der Waals surface area contributed by atoms with Crippen LogP contribution >= 0.6 is 0 Å². The summed E-state index contributed by atoms with van der Waals surface area (Å²) in [6, 6.07) is 11.0. The maximum atomic E-state index is 5.10. The molecule has 0 atom stereocenters. The second-order valence-electron chi connectivity index (χ2n) is 6.47. The lowest BCUT2D eigenvalue weighted by Crippen LogP contribution is -2.12. The summed E-state index contributed by atoms with van der Waals surface area (Å²) < 4.78 is 0. The van der Waals surface area contributed by atoms with Gasteiger partial charge in [0.1, 0.15) is 0 Å². The highest BCUT2D eigenvalue weighted by atomic mass is 14.7. The van der Waals surface area contributed by atoms with E-state index in [9.17, 15) is 0 Å². The van der Waals surface area contributed by atoms with E-state index in [1.165, 1.54) is 74.7 Å².